The molecule has 3 aliphatic rings. The summed E-state index contributed by atoms with van der Waals surface area (Å²) in [5.74, 6) is 0.745. The second-order valence-electron chi connectivity index (χ2n) is 9.08. The molecule has 4 rings (SSSR count). The van der Waals surface area contributed by atoms with Crippen LogP contribution in [0.3, 0.4) is 0 Å². The Morgan fingerprint density at radius 3 is 2.80 bits per heavy atom. The molecule has 0 radical (unpaired) electrons. The molecule has 1 aliphatic heterocycles. The number of allylic oxidation sites excluding steroid dienone is 7. The van der Waals surface area contributed by atoms with Gasteiger partial charge in [0, 0.05) is 43.4 Å². The molecule has 1 heterocycles. The van der Waals surface area contributed by atoms with Crippen molar-refractivity contribution in [3.05, 3.63) is 77.1 Å². The number of nitrogens with zero attached hydrogens (tertiary/aromatic N) is 1. The fourth-order valence-electron chi connectivity index (χ4n) is 4.72. The highest BCUT2D eigenvalue weighted by Gasteiger charge is 2.28. The summed E-state index contributed by atoms with van der Waals surface area (Å²) >= 11 is 0. The molecule has 186 valence electrons. The number of benzene rings is 1. The van der Waals surface area contributed by atoms with Crippen LogP contribution in [0.2, 0.25) is 0 Å². The van der Waals surface area contributed by atoms with Gasteiger partial charge >= 0.3 is 0 Å². The highest BCUT2D eigenvalue weighted by atomic mass is 16.5. The number of aliphatic imine (C=N–C) groups is 1. The quantitative estimate of drug-likeness (QED) is 0.330. The van der Waals surface area contributed by atoms with E-state index in [-0.39, 0.29) is 32.1 Å². The average Bonchev–Trinajstić information content (AvgIpc) is 2.99. The van der Waals surface area contributed by atoms with Gasteiger partial charge in [0.15, 0.2) is 5.78 Å². The van der Waals surface area contributed by atoms with E-state index in [1.807, 2.05) is 49.4 Å². The lowest BCUT2D eigenvalue weighted by Crippen LogP contribution is -2.18. The number of carbonyl (C=O) groups excluding carboxylic acids is 3. The first-order valence-electron chi connectivity index (χ1n) is 12.1. The van der Waals surface area contributed by atoms with Gasteiger partial charge in [0.05, 0.1) is 5.70 Å². The van der Waals surface area contributed by atoms with Gasteiger partial charge in [-0.3, -0.25) is 19.4 Å². The van der Waals surface area contributed by atoms with E-state index in [1.54, 1.807) is 6.08 Å². The van der Waals surface area contributed by atoms with E-state index in [0.717, 1.165) is 35.4 Å². The van der Waals surface area contributed by atoms with Crippen LogP contribution in [-0.2, 0) is 16.0 Å². The zero-order chi connectivity index (χ0) is 23.9. The molecule has 0 bridgehead atoms. The minimum atomic E-state index is -0.184. The Morgan fingerprint density at radius 2 is 1.97 bits per heavy atom. The van der Waals surface area contributed by atoms with Gasteiger partial charge in [-0.15, -0.1) is 0 Å². The molecule has 1 fully saturated rings. The van der Waals surface area contributed by atoms with Gasteiger partial charge in [-0.2, -0.15) is 0 Å². The zero-order valence-electron chi connectivity index (χ0n) is 19.7. The summed E-state index contributed by atoms with van der Waals surface area (Å²) < 4.78 is 6.16. The molecule has 2 aliphatic carbocycles. The smallest absolute Gasteiger partial charge is 0.186 e. The molecule has 0 aromatic heterocycles. The number of hydrogen-bond donors (Lipinski definition) is 0. The maximum Gasteiger partial charge on any atom is 0.186 e. The van der Waals surface area contributed by atoms with E-state index in [2.05, 4.69) is 6.08 Å². The first-order valence-corrected chi connectivity index (χ1v) is 12.1. The van der Waals surface area contributed by atoms with E-state index in [4.69, 9.17) is 9.73 Å². The summed E-state index contributed by atoms with van der Waals surface area (Å²) in [6.07, 6.45) is 16.4. The lowest BCUT2D eigenvalue weighted by molar-refractivity contribution is -0.124. The number of rotatable bonds is 7. The molecule has 1 aromatic carbocycles. The Morgan fingerprint density at radius 1 is 1.11 bits per heavy atom. The van der Waals surface area contributed by atoms with Crippen molar-refractivity contribution in [1.82, 2.24) is 0 Å². The Balaban J connectivity index is 0.00000228. The summed E-state index contributed by atoms with van der Waals surface area (Å²) in [5, 5.41) is 0. The second kappa shape index (κ2) is 12.4. The summed E-state index contributed by atoms with van der Waals surface area (Å²) in [4.78, 5) is 41.8. The summed E-state index contributed by atoms with van der Waals surface area (Å²) in [5.41, 5.74) is 4.37. The van der Waals surface area contributed by atoms with Crippen LogP contribution in [-0.4, -0.2) is 29.7 Å². The normalized spacial score (nSPS) is 20.7. The number of hydrogen-bond acceptors (Lipinski definition) is 5. The van der Waals surface area contributed by atoms with E-state index >= 15 is 0 Å². The summed E-state index contributed by atoms with van der Waals surface area (Å²) in [6.45, 7) is 2.32. The van der Waals surface area contributed by atoms with Crippen LogP contribution in [0.4, 0.5) is 0 Å². The van der Waals surface area contributed by atoms with Crippen molar-refractivity contribution in [1.29, 1.82) is 0 Å². The largest absolute Gasteiger partial charge is 0.487 e. The number of Topliss-reactive ketones (excluding diaryl/α,β-unsaturated/α-hetero) is 2. The first-order chi connectivity index (χ1) is 16.5. The minimum absolute atomic E-state index is 0. The second-order valence-corrected chi connectivity index (χ2v) is 9.08. The van der Waals surface area contributed by atoms with E-state index < -0.39 is 0 Å². The molecule has 1 unspecified atom stereocenters. The molecule has 5 nitrogen and oxygen atoms in total. The summed E-state index contributed by atoms with van der Waals surface area (Å²) in [7, 11) is 0. The predicted molar refractivity (Wildman–Crippen MR) is 142 cm³/mol. The van der Waals surface area contributed by atoms with Crippen LogP contribution in [0.25, 0.3) is 0 Å². The van der Waals surface area contributed by atoms with Crippen molar-refractivity contribution in [2.75, 3.05) is 6.61 Å². The molecule has 1 saturated carbocycles. The average molecular weight is 476 g/mol. The van der Waals surface area contributed by atoms with E-state index in [1.165, 1.54) is 0 Å². The van der Waals surface area contributed by atoms with Gasteiger partial charge in [-0.25, -0.2) is 0 Å². The molecule has 0 spiro atoms. The Bertz CT molecular complexity index is 1140. The van der Waals surface area contributed by atoms with Gasteiger partial charge in [-0.05, 0) is 57.2 Å². The van der Waals surface area contributed by atoms with Crippen molar-refractivity contribution < 1.29 is 20.5 Å². The first kappa shape index (κ1) is 26.3. The van der Waals surface area contributed by atoms with Crippen LogP contribution < -0.4 is 4.74 Å². The fraction of sp³-hybridized carbons (Fsp3) is 0.400. The minimum Gasteiger partial charge on any atom is -0.487 e. The van der Waals surface area contributed by atoms with Crippen molar-refractivity contribution in [2.45, 2.75) is 65.7 Å². The van der Waals surface area contributed by atoms with Crippen molar-refractivity contribution in [3.63, 3.8) is 0 Å². The van der Waals surface area contributed by atoms with Crippen molar-refractivity contribution in [2.24, 2.45) is 10.9 Å². The highest BCUT2D eigenvalue weighted by molar-refractivity contribution is 6.08. The van der Waals surface area contributed by atoms with Crippen LogP contribution in [0.15, 0.2) is 70.9 Å². The van der Waals surface area contributed by atoms with Gasteiger partial charge in [-0.1, -0.05) is 49.4 Å². The van der Waals surface area contributed by atoms with Crippen molar-refractivity contribution >= 4 is 23.1 Å². The predicted octanol–water partition coefficient (Wildman–Crippen LogP) is 6.58. The number of ether oxygens (including phenoxy) is 1. The molecule has 0 amide bonds. The van der Waals surface area contributed by atoms with Crippen LogP contribution in [0.1, 0.15) is 76.6 Å². The third-order valence-electron chi connectivity index (χ3n) is 6.56. The van der Waals surface area contributed by atoms with Gasteiger partial charge in [0.1, 0.15) is 23.9 Å². The summed E-state index contributed by atoms with van der Waals surface area (Å²) in [6, 6.07) is 5.56. The molecule has 1 atom stereocenters. The number of ketones is 3. The van der Waals surface area contributed by atoms with Gasteiger partial charge in [0.25, 0.3) is 0 Å². The van der Waals surface area contributed by atoms with E-state index in [9.17, 15) is 14.4 Å². The fourth-order valence-corrected chi connectivity index (χ4v) is 4.72. The van der Waals surface area contributed by atoms with Crippen LogP contribution >= 0.6 is 0 Å². The maximum absolute atomic E-state index is 12.8. The number of carbonyl (C=O) groups is 3. The Kier molecular flexibility index (Phi) is 9.30. The Hall–Kier alpha value is -3.34. The van der Waals surface area contributed by atoms with Gasteiger partial charge in [0.2, 0.25) is 0 Å². The lowest BCUT2D eigenvalue weighted by atomic mass is 9.83. The Labute approximate surface area is 209 Å². The molecule has 0 saturated heterocycles. The SMILES string of the molecule is C.C/C=C\C=C/C1=NC(COc2cccc3c2CC(CC2CCC(=O)CCC2=O)=CC3=O)=CCC1.[HH]. The third-order valence-corrected chi connectivity index (χ3v) is 6.56. The molecule has 0 N–H and O–H groups in total. The van der Waals surface area contributed by atoms with Crippen LogP contribution in [0, 0.1) is 5.92 Å². The molecule has 1 aromatic rings. The lowest BCUT2D eigenvalue weighted by Gasteiger charge is -2.22. The molecule has 5 heteroatoms. The molecular formula is C30H37NO4. The molecular weight excluding hydrogens is 438 g/mol. The van der Waals surface area contributed by atoms with Gasteiger partial charge < -0.3 is 4.74 Å². The molecule has 35 heavy (non-hydrogen) atoms. The van der Waals surface area contributed by atoms with Crippen LogP contribution in [0.5, 0.6) is 5.75 Å². The monoisotopic (exact) mass is 475 g/mol. The topological polar surface area (TPSA) is 72.8 Å². The zero-order valence-corrected chi connectivity index (χ0v) is 19.7. The van der Waals surface area contributed by atoms with E-state index in [0.29, 0.717) is 56.4 Å². The maximum atomic E-state index is 12.8. The highest BCUT2D eigenvalue weighted by Crippen LogP contribution is 2.34. The van der Waals surface area contributed by atoms with Crippen molar-refractivity contribution in [3.8, 4) is 5.75 Å². The standard InChI is InChI=1S/C29H31NO4.CH4.H2/c1-2-3-4-7-22-8-5-9-23(30-22)19-34-29-11-6-10-25-26(29)17-20(18-28(25)33)16-21-12-13-24(31)14-15-27(21)32;;/h2-4,6-7,9-11,18,21H,5,8,12-17,19H2,1H3;1H4;1H/b3-2-,7-4-;;. The third kappa shape index (κ3) is 6.84. The number of fused-ring (bicyclic) bond motifs is 1.